The number of hydrogen-bond donors (Lipinski definition) is 0. The molecule has 13 heavy (non-hydrogen) atoms. The van der Waals surface area contributed by atoms with Crippen LogP contribution >= 0.6 is 27.3 Å². The number of carbonyl (C=O) groups is 1. The Kier molecular flexibility index (Phi) is 2.47. The van der Waals surface area contributed by atoms with Gasteiger partial charge in [0.25, 0.3) is 0 Å². The Morgan fingerprint density at radius 1 is 1.46 bits per heavy atom. The van der Waals surface area contributed by atoms with Crippen molar-refractivity contribution in [3.8, 4) is 0 Å². The first-order chi connectivity index (χ1) is 6.31. The van der Waals surface area contributed by atoms with Crippen LogP contribution in [-0.4, -0.2) is 6.29 Å². The molecule has 66 valence electrons. The van der Waals surface area contributed by atoms with Crippen LogP contribution in [-0.2, 0) is 11.2 Å². The van der Waals surface area contributed by atoms with Crippen LogP contribution in [0.25, 0.3) is 10.1 Å². The molecule has 0 aliphatic carbocycles. The number of thiophene rings is 1. The van der Waals surface area contributed by atoms with E-state index in [9.17, 15) is 4.79 Å². The van der Waals surface area contributed by atoms with Crippen molar-refractivity contribution in [2.75, 3.05) is 0 Å². The molecule has 0 atom stereocenters. The molecule has 0 spiro atoms. The molecule has 0 saturated carbocycles. The van der Waals surface area contributed by atoms with Crippen molar-refractivity contribution < 1.29 is 4.79 Å². The summed E-state index contributed by atoms with van der Waals surface area (Å²) in [5.41, 5.74) is 0. The van der Waals surface area contributed by atoms with Gasteiger partial charge < -0.3 is 4.79 Å². The average molecular weight is 255 g/mol. The van der Waals surface area contributed by atoms with Crippen LogP contribution in [0.15, 0.2) is 28.7 Å². The minimum absolute atomic E-state index is 0.520. The molecule has 0 aliphatic heterocycles. The summed E-state index contributed by atoms with van der Waals surface area (Å²) >= 11 is 5.15. The van der Waals surface area contributed by atoms with E-state index in [0.717, 1.165) is 15.6 Å². The molecule has 0 aliphatic rings. The van der Waals surface area contributed by atoms with Crippen molar-refractivity contribution in [3.05, 3.63) is 33.6 Å². The van der Waals surface area contributed by atoms with Crippen molar-refractivity contribution in [2.45, 2.75) is 6.42 Å². The summed E-state index contributed by atoms with van der Waals surface area (Å²) in [6, 6.07) is 8.15. The summed E-state index contributed by atoms with van der Waals surface area (Å²) in [5, 5.41) is 1.20. The van der Waals surface area contributed by atoms with Crippen molar-refractivity contribution >= 4 is 43.6 Å². The summed E-state index contributed by atoms with van der Waals surface area (Å²) in [7, 11) is 0. The highest BCUT2D eigenvalue weighted by Crippen LogP contribution is 2.31. The Hall–Kier alpha value is -0.670. The predicted octanol–water partition coefficient (Wildman–Crippen LogP) is 3.41. The smallest absolute Gasteiger partial charge is 0.125 e. The van der Waals surface area contributed by atoms with E-state index in [2.05, 4.69) is 28.1 Å². The van der Waals surface area contributed by atoms with Crippen molar-refractivity contribution in [3.63, 3.8) is 0 Å². The summed E-state index contributed by atoms with van der Waals surface area (Å²) < 4.78 is 2.33. The zero-order chi connectivity index (χ0) is 9.26. The van der Waals surface area contributed by atoms with Gasteiger partial charge in [0.2, 0.25) is 0 Å². The molecule has 0 bridgehead atoms. The largest absolute Gasteiger partial charge is 0.303 e. The lowest BCUT2D eigenvalue weighted by molar-refractivity contribution is -0.107. The van der Waals surface area contributed by atoms with Crippen molar-refractivity contribution in [1.82, 2.24) is 0 Å². The van der Waals surface area contributed by atoms with E-state index in [1.807, 2.05) is 12.1 Å². The minimum Gasteiger partial charge on any atom is -0.303 e. The molecular weight excluding hydrogens is 248 g/mol. The van der Waals surface area contributed by atoms with Gasteiger partial charge in [-0.25, -0.2) is 0 Å². The summed E-state index contributed by atoms with van der Waals surface area (Å²) in [6.07, 6.45) is 1.46. The van der Waals surface area contributed by atoms with E-state index in [1.54, 1.807) is 11.3 Å². The van der Waals surface area contributed by atoms with Crippen LogP contribution in [0.2, 0.25) is 0 Å². The monoisotopic (exact) mass is 254 g/mol. The molecule has 1 heterocycles. The van der Waals surface area contributed by atoms with Gasteiger partial charge in [-0.3, -0.25) is 0 Å². The second-order valence-electron chi connectivity index (χ2n) is 2.74. The molecule has 2 aromatic rings. The fourth-order valence-electron chi connectivity index (χ4n) is 1.26. The molecule has 1 aromatic heterocycles. The molecule has 0 amide bonds. The maximum absolute atomic E-state index is 10.3. The molecule has 2 rings (SSSR count). The third kappa shape index (κ3) is 1.67. The van der Waals surface area contributed by atoms with Crippen LogP contribution in [0.4, 0.5) is 0 Å². The average Bonchev–Trinajstić information content (AvgIpc) is 2.49. The van der Waals surface area contributed by atoms with E-state index in [0.29, 0.717) is 6.42 Å². The summed E-state index contributed by atoms with van der Waals surface area (Å²) in [6.45, 7) is 0. The Bertz CT molecular complexity index is 447. The lowest BCUT2D eigenvalue weighted by atomic mass is 10.2. The van der Waals surface area contributed by atoms with E-state index in [-0.39, 0.29) is 0 Å². The van der Waals surface area contributed by atoms with Gasteiger partial charge in [0.1, 0.15) is 6.29 Å². The lowest BCUT2D eigenvalue weighted by Crippen LogP contribution is -1.76. The number of hydrogen-bond acceptors (Lipinski definition) is 2. The molecule has 0 saturated heterocycles. The molecule has 3 heteroatoms. The molecule has 0 unspecified atom stereocenters. The second-order valence-corrected chi connectivity index (χ2v) is 4.73. The van der Waals surface area contributed by atoms with Crippen molar-refractivity contribution in [1.29, 1.82) is 0 Å². The van der Waals surface area contributed by atoms with Gasteiger partial charge in [-0.15, -0.1) is 11.3 Å². The van der Waals surface area contributed by atoms with Gasteiger partial charge in [0.05, 0.1) is 0 Å². The number of benzene rings is 1. The molecule has 0 radical (unpaired) electrons. The van der Waals surface area contributed by atoms with Crippen LogP contribution in [0.1, 0.15) is 4.88 Å². The number of fused-ring (bicyclic) bond motifs is 1. The zero-order valence-electron chi connectivity index (χ0n) is 6.79. The molecule has 1 nitrogen and oxygen atoms in total. The first-order valence-corrected chi connectivity index (χ1v) is 5.53. The lowest BCUT2D eigenvalue weighted by Gasteiger charge is -1.89. The number of halogens is 1. The number of carbonyl (C=O) groups excluding carboxylic acids is 1. The standard InChI is InChI=1S/C10H7BrOS/c11-9-3-1-2-7-6-8(4-5-12)13-10(7)9/h1-3,5-6H,4H2. The Labute approximate surface area is 88.5 Å². The van der Waals surface area contributed by atoms with E-state index >= 15 is 0 Å². The number of aldehydes is 1. The molecule has 0 N–H and O–H groups in total. The molecule has 0 fully saturated rings. The van der Waals surface area contributed by atoms with E-state index < -0.39 is 0 Å². The quantitative estimate of drug-likeness (QED) is 0.751. The SMILES string of the molecule is O=CCc1cc2cccc(Br)c2s1. The van der Waals surface area contributed by atoms with E-state index in [1.165, 1.54) is 10.1 Å². The third-order valence-corrected chi connectivity index (χ3v) is 3.96. The maximum Gasteiger partial charge on any atom is 0.125 e. The Balaban J connectivity index is 2.61. The van der Waals surface area contributed by atoms with Gasteiger partial charge in [0, 0.05) is 20.5 Å². The maximum atomic E-state index is 10.3. The minimum atomic E-state index is 0.520. The Morgan fingerprint density at radius 3 is 3.00 bits per heavy atom. The van der Waals surface area contributed by atoms with Gasteiger partial charge in [-0.05, 0) is 33.4 Å². The van der Waals surface area contributed by atoms with Gasteiger partial charge >= 0.3 is 0 Å². The molecular formula is C10H7BrOS. The summed E-state index contributed by atoms with van der Waals surface area (Å²) in [4.78, 5) is 11.5. The highest BCUT2D eigenvalue weighted by molar-refractivity contribution is 9.10. The number of rotatable bonds is 2. The van der Waals surface area contributed by atoms with Crippen molar-refractivity contribution in [2.24, 2.45) is 0 Å². The Morgan fingerprint density at radius 2 is 2.31 bits per heavy atom. The third-order valence-electron chi connectivity index (χ3n) is 1.83. The van der Waals surface area contributed by atoms with Crippen LogP contribution in [0.5, 0.6) is 0 Å². The van der Waals surface area contributed by atoms with Gasteiger partial charge in [0.15, 0.2) is 0 Å². The second kappa shape index (κ2) is 3.60. The summed E-state index contributed by atoms with van der Waals surface area (Å²) in [5.74, 6) is 0. The fourth-order valence-corrected chi connectivity index (χ4v) is 2.90. The zero-order valence-corrected chi connectivity index (χ0v) is 9.19. The van der Waals surface area contributed by atoms with Gasteiger partial charge in [-0.2, -0.15) is 0 Å². The van der Waals surface area contributed by atoms with Gasteiger partial charge in [-0.1, -0.05) is 12.1 Å². The highest BCUT2D eigenvalue weighted by Gasteiger charge is 2.03. The fraction of sp³-hybridized carbons (Fsp3) is 0.100. The normalized spacial score (nSPS) is 10.5. The van der Waals surface area contributed by atoms with E-state index in [4.69, 9.17) is 0 Å². The predicted molar refractivity (Wildman–Crippen MR) is 59.3 cm³/mol. The first-order valence-electron chi connectivity index (χ1n) is 3.92. The van der Waals surface area contributed by atoms with Crippen LogP contribution in [0.3, 0.4) is 0 Å². The topological polar surface area (TPSA) is 17.1 Å². The highest BCUT2D eigenvalue weighted by atomic mass is 79.9. The first kappa shape index (κ1) is 8.91. The van der Waals surface area contributed by atoms with Crippen LogP contribution < -0.4 is 0 Å². The molecule has 1 aromatic carbocycles. The van der Waals surface area contributed by atoms with Crippen LogP contribution in [0, 0.1) is 0 Å².